The summed E-state index contributed by atoms with van der Waals surface area (Å²) in [7, 11) is 0. The van der Waals surface area contributed by atoms with Gasteiger partial charge in [0.15, 0.2) is 0 Å². The van der Waals surface area contributed by atoms with Gasteiger partial charge in [0.05, 0.1) is 22.0 Å². The maximum Gasteiger partial charge on any atom is 0.311 e. The van der Waals surface area contributed by atoms with Crippen LogP contribution in [0.2, 0.25) is 0 Å². The Morgan fingerprint density at radius 2 is 1.90 bits per heavy atom. The normalized spacial score (nSPS) is 10.1. The molecule has 9 nitrogen and oxygen atoms in total. The number of hydrogen-bond donors (Lipinski definition) is 1. The molecule has 21 heavy (non-hydrogen) atoms. The standard InChI is InChI=1S/C12H10N4O5/c1-7-3-2-4-9(16(19)20)12(7)21-11-6-8(15(17)18)5-10(13)14-11/h2-6H,1H3,(H2,13,14). The Kier molecular flexibility index (Phi) is 3.65. The third-order valence-corrected chi connectivity index (χ3v) is 2.61. The van der Waals surface area contributed by atoms with Gasteiger partial charge in [0.1, 0.15) is 5.82 Å². The first kappa shape index (κ1) is 14.2. The SMILES string of the molecule is Cc1cccc([N+](=O)[O-])c1Oc1cc([N+](=O)[O-])cc(N)n1. The summed E-state index contributed by atoms with van der Waals surface area (Å²) in [6, 6.07) is 6.51. The summed E-state index contributed by atoms with van der Waals surface area (Å²) in [5.74, 6) is -0.329. The minimum absolute atomic E-state index is 0.0325. The number of aromatic nitrogens is 1. The van der Waals surface area contributed by atoms with Gasteiger partial charge >= 0.3 is 5.69 Å². The topological polar surface area (TPSA) is 134 Å². The second-order valence-corrected chi connectivity index (χ2v) is 4.13. The largest absolute Gasteiger partial charge is 0.431 e. The van der Waals surface area contributed by atoms with E-state index < -0.39 is 9.85 Å². The summed E-state index contributed by atoms with van der Waals surface area (Å²) in [6.07, 6.45) is 0. The highest BCUT2D eigenvalue weighted by Gasteiger charge is 2.20. The van der Waals surface area contributed by atoms with Crippen LogP contribution in [0.15, 0.2) is 30.3 Å². The number of rotatable bonds is 4. The molecule has 2 rings (SSSR count). The van der Waals surface area contributed by atoms with Gasteiger partial charge in [-0.05, 0) is 12.5 Å². The van der Waals surface area contributed by atoms with Crippen molar-refractivity contribution in [2.24, 2.45) is 0 Å². The van der Waals surface area contributed by atoms with Crippen LogP contribution in [-0.4, -0.2) is 14.8 Å². The van der Waals surface area contributed by atoms with Gasteiger partial charge in [-0.25, -0.2) is 0 Å². The number of para-hydroxylation sites is 1. The van der Waals surface area contributed by atoms with Crippen LogP contribution in [0.25, 0.3) is 0 Å². The number of nitrogens with zero attached hydrogens (tertiary/aromatic N) is 3. The van der Waals surface area contributed by atoms with Gasteiger partial charge in [-0.3, -0.25) is 20.2 Å². The van der Waals surface area contributed by atoms with E-state index in [2.05, 4.69) is 4.98 Å². The number of benzene rings is 1. The predicted octanol–water partition coefficient (Wildman–Crippen LogP) is 2.58. The summed E-state index contributed by atoms with van der Waals surface area (Å²) in [5.41, 5.74) is 5.38. The summed E-state index contributed by atoms with van der Waals surface area (Å²) in [6.45, 7) is 1.61. The van der Waals surface area contributed by atoms with Crippen molar-refractivity contribution in [3.63, 3.8) is 0 Å². The summed E-state index contributed by atoms with van der Waals surface area (Å²) in [4.78, 5) is 24.3. The third kappa shape index (κ3) is 3.03. The van der Waals surface area contributed by atoms with Crippen molar-refractivity contribution in [2.45, 2.75) is 6.92 Å². The lowest BCUT2D eigenvalue weighted by atomic mass is 10.2. The zero-order valence-corrected chi connectivity index (χ0v) is 10.8. The predicted molar refractivity (Wildman–Crippen MR) is 73.2 cm³/mol. The fourth-order valence-corrected chi connectivity index (χ4v) is 1.69. The van der Waals surface area contributed by atoms with Crippen LogP contribution in [0, 0.1) is 27.2 Å². The molecule has 0 atom stereocenters. The maximum atomic E-state index is 11.0. The molecule has 0 saturated heterocycles. The van der Waals surface area contributed by atoms with Crippen molar-refractivity contribution >= 4 is 17.2 Å². The van der Waals surface area contributed by atoms with Crippen LogP contribution in [0.1, 0.15) is 5.56 Å². The average molecular weight is 290 g/mol. The Balaban J connectivity index is 2.48. The van der Waals surface area contributed by atoms with Crippen LogP contribution in [0.5, 0.6) is 11.6 Å². The number of pyridine rings is 1. The molecular weight excluding hydrogens is 280 g/mol. The second-order valence-electron chi connectivity index (χ2n) is 4.13. The lowest BCUT2D eigenvalue weighted by Gasteiger charge is -2.08. The lowest BCUT2D eigenvalue weighted by molar-refractivity contribution is -0.386. The molecule has 0 radical (unpaired) electrons. The quantitative estimate of drug-likeness (QED) is 0.675. The molecule has 1 aromatic heterocycles. The van der Waals surface area contributed by atoms with E-state index in [1.54, 1.807) is 13.0 Å². The van der Waals surface area contributed by atoms with Gasteiger partial charge in [0.2, 0.25) is 11.6 Å². The van der Waals surface area contributed by atoms with Crippen LogP contribution in [0.4, 0.5) is 17.2 Å². The molecule has 108 valence electrons. The number of nitro groups is 2. The smallest absolute Gasteiger partial charge is 0.311 e. The first-order valence-corrected chi connectivity index (χ1v) is 5.72. The van der Waals surface area contributed by atoms with Crippen molar-refractivity contribution in [2.75, 3.05) is 5.73 Å². The number of nitrogens with two attached hydrogens (primary N) is 1. The first-order chi connectivity index (χ1) is 9.88. The number of hydrogen-bond acceptors (Lipinski definition) is 7. The highest BCUT2D eigenvalue weighted by atomic mass is 16.6. The van der Waals surface area contributed by atoms with Crippen LogP contribution >= 0.6 is 0 Å². The molecule has 1 aromatic carbocycles. The summed E-state index contributed by atoms with van der Waals surface area (Å²) < 4.78 is 5.34. The van der Waals surface area contributed by atoms with Gasteiger partial charge in [-0.2, -0.15) is 4.98 Å². The van der Waals surface area contributed by atoms with Crippen molar-refractivity contribution in [1.29, 1.82) is 0 Å². The van der Waals surface area contributed by atoms with Crippen molar-refractivity contribution in [1.82, 2.24) is 4.98 Å². The molecule has 2 aromatic rings. The van der Waals surface area contributed by atoms with Crippen LogP contribution in [-0.2, 0) is 0 Å². The van der Waals surface area contributed by atoms with Crippen molar-refractivity contribution in [3.05, 3.63) is 56.1 Å². The fourth-order valence-electron chi connectivity index (χ4n) is 1.69. The molecular formula is C12H10N4O5. The minimum Gasteiger partial charge on any atom is -0.431 e. The van der Waals surface area contributed by atoms with Crippen LogP contribution in [0.3, 0.4) is 0 Å². The fraction of sp³-hybridized carbons (Fsp3) is 0.0833. The third-order valence-electron chi connectivity index (χ3n) is 2.61. The molecule has 0 aliphatic heterocycles. The first-order valence-electron chi connectivity index (χ1n) is 5.72. The molecule has 1 heterocycles. The van der Waals surface area contributed by atoms with Crippen LogP contribution < -0.4 is 10.5 Å². The number of aryl methyl sites for hydroxylation is 1. The van der Waals surface area contributed by atoms with E-state index in [9.17, 15) is 20.2 Å². The zero-order chi connectivity index (χ0) is 15.6. The number of nitrogen functional groups attached to an aromatic ring is 1. The second kappa shape index (κ2) is 5.41. The molecule has 0 fully saturated rings. The van der Waals surface area contributed by atoms with Crippen molar-refractivity contribution < 1.29 is 14.6 Å². The Morgan fingerprint density at radius 1 is 1.19 bits per heavy atom. The highest BCUT2D eigenvalue weighted by Crippen LogP contribution is 2.34. The molecule has 0 aliphatic rings. The Labute approximate surface area is 118 Å². The van der Waals surface area contributed by atoms with E-state index >= 15 is 0 Å². The molecule has 0 spiro atoms. The monoisotopic (exact) mass is 290 g/mol. The van der Waals surface area contributed by atoms with E-state index in [4.69, 9.17) is 10.5 Å². The molecule has 0 saturated carbocycles. The summed E-state index contributed by atoms with van der Waals surface area (Å²) in [5, 5.41) is 21.7. The van der Waals surface area contributed by atoms with E-state index in [1.807, 2.05) is 0 Å². The van der Waals surface area contributed by atoms with Crippen molar-refractivity contribution in [3.8, 4) is 11.6 Å². The van der Waals surface area contributed by atoms with E-state index in [0.717, 1.165) is 12.1 Å². The van der Waals surface area contributed by atoms with Gasteiger partial charge in [0.25, 0.3) is 5.69 Å². The Bertz CT molecular complexity index is 732. The highest BCUT2D eigenvalue weighted by molar-refractivity contribution is 5.54. The minimum atomic E-state index is -0.656. The number of ether oxygens (including phenoxy) is 1. The zero-order valence-electron chi connectivity index (χ0n) is 10.8. The van der Waals surface area contributed by atoms with E-state index in [0.29, 0.717) is 5.56 Å². The summed E-state index contributed by atoms with van der Waals surface area (Å²) >= 11 is 0. The number of anilines is 1. The lowest BCUT2D eigenvalue weighted by Crippen LogP contribution is -2.00. The molecule has 0 aliphatic carbocycles. The van der Waals surface area contributed by atoms with Gasteiger partial charge in [-0.15, -0.1) is 0 Å². The molecule has 0 amide bonds. The number of nitro benzene ring substituents is 1. The molecule has 2 N–H and O–H groups in total. The van der Waals surface area contributed by atoms with E-state index in [1.165, 1.54) is 12.1 Å². The van der Waals surface area contributed by atoms with Gasteiger partial charge < -0.3 is 10.5 Å². The van der Waals surface area contributed by atoms with E-state index in [-0.39, 0.29) is 28.8 Å². The molecule has 0 bridgehead atoms. The molecule has 0 unspecified atom stereocenters. The van der Waals surface area contributed by atoms with Gasteiger partial charge in [0, 0.05) is 6.07 Å². The Morgan fingerprint density at radius 3 is 2.52 bits per heavy atom. The molecule has 9 heteroatoms. The van der Waals surface area contributed by atoms with Gasteiger partial charge in [-0.1, -0.05) is 12.1 Å². The average Bonchev–Trinajstić information content (AvgIpc) is 2.40. The maximum absolute atomic E-state index is 11.0. The Hall–Kier alpha value is -3.23.